The number of carboxylic acids is 1. The highest BCUT2D eigenvalue weighted by molar-refractivity contribution is 5.89. The summed E-state index contributed by atoms with van der Waals surface area (Å²) in [5.41, 5.74) is 7.71. The van der Waals surface area contributed by atoms with Crippen molar-refractivity contribution in [2.75, 3.05) is 6.61 Å². The molecule has 1 aromatic carbocycles. The van der Waals surface area contributed by atoms with E-state index in [1.165, 1.54) is 4.40 Å². The van der Waals surface area contributed by atoms with Gasteiger partial charge in [0.25, 0.3) is 0 Å². The lowest BCUT2D eigenvalue weighted by atomic mass is 10.1. The van der Waals surface area contributed by atoms with Crippen LogP contribution in [0.25, 0.3) is 5.65 Å². The first-order valence-electron chi connectivity index (χ1n) is 7.28. The Kier molecular flexibility index (Phi) is 4.25. The lowest BCUT2D eigenvalue weighted by molar-refractivity contribution is 0.0683. The van der Waals surface area contributed by atoms with Crippen LogP contribution >= 0.6 is 0 Å². The van der Waals surface area contributed by atoms with E-state index in [0.717, 1.165) is 5.56 Å². The largest absolute Gasteiger partial charge is 0.476 e. The van der Waals surface area contributed by atoms with Crippen molar-refractivity contribution in [3.63, 3.8) is 0 Å². The van der Waals surface area contributed by atoms with Crippen LogP contribution in [0.3, 0.4) is 0 Å². The molecular formula is C17H17N3O3. The Balaban J connectivity index is 1.74. The number of fused-ring (bicyclic) bond motifs is 1. The third-order valence-corrected chi connectivity index (χ3v) is 3.48. The number of rotatable bonds is 6. The highest BCUT2D eigenvalue weighted by Crippen LogP contribution is 2.20. The lowest BCUT2D eigenvalue weighted by Crippen LogP contribution is -2.30. The number of aromatic nitrogens is 2. The van der Waals surface area contributed by atoms with Gasteiger partial charge in [0.2, 0.25) is 5.88 Å². The summed E-state index contributed by atoms with van der Waals surface area (Å²) in [4.78, 5) is 15.7. The van der Waals surface area contributed by atoms with Gasteiger partial charge in [0.05, 0.1) is 0 Å². The third-order valence-electron chi connectivity index (χ3n) is 3.48. The number of carboxylic acid groups (broad SMARTS) is 1. The summed E-state index contributed by atoms with van der Waals surface area (Å²) in [6.07, 6.45) is 2.29. The van der Waals surface area contributed by atoms with Crippen LogP contribution in [0.1, 0.15) is 16.1 Å². The smallest absolute Gasteiger partial charge is 0.358 e. The quantitative estimate of drug-likeness (QED) is 0.726. The van der Waals surface area contributed by atoms with Gasteiger partial charge in [0, 0.05) is 12.2 Å². The number of carbonyl (C=O) groups is 1. The molecule has 2 heterocycles. The summed E-state index contributed by atoms with van der Waals surface area (Å²) >= 11 is 0. The van der Waals surface area contributed by atoms with Crippen molar-refractivity contribution < 1.29 is 14.6 Å². The van der Waals surface area contributed by atoms with Gasteiger partial charge in [-0.15, -0.1) is 0 Å². The van der Waals surface area contributed by atoms with E-state index in [1.807, 2.05) is 30.3 Å². The fraction of sp³-hybridized carbons (Fsp3) is 0.176. The second kappa shape index (κ2) is 6.50. The van der Waals surface area contributed by atoms with Gasteiger partial charge in [-0.25, -0.2) is 4.79 Å². The number of hydrogen-bond acceptors (Lipinski definition) is 4. The minimum absolute atomic E-state index is 0.00695. The monoisotopic (exact) mass is 311 g/mol. The van der Waals surface area contributed by atoms with E-state index in [0.29, 0.717) is 12.1 Å². The summed E-state index contributed by atoms with van der Waals surface area (Å²) in [5.74, 6) is -0.998. The minimum atomic E-state index is -1.09. The van der Waals surface area contributed by atoms with Gasteiger partial charge < -0.3 is 15.6 Å². The molecule has 1 unspecified atom stereocenters. The molecule has 3 N–H and O–H groups in total. The zero-order chi connectivity index (χ0) is 16.2. The van der Waals surface area contributed by atoms with Gasteiger partial charge in [-0.05, 0) is 24.1 Å². The predicted octanol–water partition coefficient (Wildman–Crippen LogP) is 1.98. The van der Waals surface area contributed by atoms with Crippen LogP contribution in [0.5, 0.6) is 5.88 Å². The van der Waals surface area contributed by atoms with Crippen LogP contribution in [0.4, 0.5) is 0 Å². The Bertz CT molecular complexity index is 814. The summed E-state index contributed by atoms with van der Waals surface area (Å²) in [5, 5.41) is 9.38. The number of benzene rings is 1. The highest BCUT2D eigenvalue weighted by Gasteiger charge is 2.20. The third kappa shape index (κ3) is 3.32. The molecule has 0 aliphatic carbocycles. The number of imidazole rings is 1. The maximum atomic E-state index is 11.5. The Hall–Kier alpha value is -2.86. The molecule has 3 rings (SSSR count). The standard InChI is InChI=1S/C17H17N3O3/c18-13(10-12-6-2-1-3-7-12)11-23-16-15(17(21)22)20-9-5-4-8-14(20)19-16/h1-9,13H,10-11,18H2,(H,21,22). The number of nitrogens with zero attached hydrogens (tertiary/aromatic N) is 2. The topological polar surface area (TPSA) is 89.9 Å². The maximum absolute atomic E-state index is 11.5. The van der Waals surface area contributed by atoms with E-state index < -0.39 is 5.97 Å². The van der Waals surface area contributed by atoms with Gasteiger partial charge in [-0.1, -0.05) is 36.4 Å². The molecule has 6 heteroatoms. The molecule has 0 fully saturated rings. The fourth-order valence-corrected chi connectivity index (χ4v) is 2.43. The average molecular weight is 311 g/mol. The van der Waals surface area contributed by atoms with Crippen LogP contribution < -0.4 is 10.5 Å². The number of hydrogen-bond donors (Lipinski definition) is 2. The molecule has 6 nitrogen and oxygen atoms in total. The van der Waals surface area contributed by atoms with Gasteiger partial charge in [0.1, 0.15) is 12.3 Å². The Morgan fingerprint density at radius 1 is 1.22 bits per heavy atom. The van der Waals surface area contributed by atoms with E-state index in [4.69, 9.17) is 10.5 Å². The van der Waals surface area contributed by atoms with E-state index >= 15 is 0 Å². The molecule has 0 aliphatic rings. The second-order valence-electron chi connectivity index (χ2n) is 5.26. The van der Waals surface area contributed by atoms with Crippen molar-refractivity contribution in [2.45, 2.75) is 12.5 Å². The van der Waals surface area contributed by atoms with Crippen molar-refractivity contribution in [3.8, 4) is 5.88 Å². The highest BCUT2D eigenvalue weighted by atomic mass is 16.5. The molecule has 0 bridgehead atoms. The number of nitrogens with two attached hydrogens (primary N) is 1. The van der Waals surface area contributed by atoms with Gasteiger partial charge in [0.15, 0.2) is 5.69 Å². The predicted molar refractivity (Wildman–Crippen MR) is 85.8 cm³/mol. The molecule has 0 saturated heterocycles. The lowest BCUT2D eigenvalue weighted by Gasteiger charge is -2.12. The SMILES string of the molecule is NC(COc1nc2ccccn2c1C(=O)O)Cc1ccccc1. The molecule has 0 saturated carbocycles. The molecule has 0 aliphatic heterocycles. The molecule has 118 valence electrons. The van der Waals surface area contributed by atoms with Crippen LogP contribution in [0, 0.1) is 0 Å². The molecule has 0 spiro atoms. The summed E-state index contributed by atoms with van der Waals surface area (Å²) < 4.78 is 7.07. The fourth-order valence-electron chi connectivity index (χ4n) is 2.43. The van der Waals surface area contributed by atoms with E-state index in [2.05, 4.69) is 4.98 Å². The molecule has 2 aromatic heterocycles. The van der Waals surface area contributed by atoms with Gasteiger partial charge in [-0.2, -0.15) is 4.98 Å². The van der Waals surface area contributed by atoms with E-state index in [-0.39, 0.29) is 24.2 Å². The van der Waals surface area contributed by atoms with Crippen LogP contribution in [0.2, 0.25) is 0 Å². The normalized spacial score (nSPS) is 12.2. The Morgan fingerprint density at radius 3 is 2.70 bits per heavy atom. The minimum Gasteiger partial charge on any atom is -0.476 e. The molecule has 23 heavy (non-hydrogen) atoms. The second-order valence-corrected chi connectivity index (χ2v) is 5.26. The van der Waals surface area contributed by atoms with Crippen molar-refractivity contribution in [1.82, 2.24) is 9.38 Å². The van der Waals surface area contributed by atoms with Crippen LogP contribution in [-0.4, -0.2) is 33.1 Å². The maximum Gasteiger partial charge on any atom is 0.358 e. The first-order chi connectivity index (χ1) is 11.1. The summed E-state index contributed by atoms with van der Waals surface area (Å²) in [7, 11) is 0. The van der Waals surface area contributed by atoms with Crippen molar-refractivity contribution >= 4 is 11.6 Å². The Labute approximate surface area is 133 Å². The molecule has 3 aromatic rings. The van der Waals surface area contributed by atoms with Crippen LogP contribution in [-0.2, 0) is 6.42 Å². The number of pyridine rings is 1. The summed E-state index contributed by atoms with van der Waals surface area (Å²) in [6.45, 7) is 0.194. The zero-order valence-electron chi connectivity index (χ0n) is 12.4. The number of aromatic carboxylic acids is 1. The van der Waals surface area contributed by atoms with E-state index in [9.17, 15) is 9.90 Å². The Morgan fingerprint density at radius 2 is 1.96 bits per heavy atom. The van der Waals surface area contributed by atoms with Gasteiger partial charge >= 0.3 is 5.97 Å². The van der Waals surface area contributed by atoms with Gasteiger partial charge in [-0.3, -0.25) is 4.40 Å². The van der Waals surface area contributed by atoms with Crippen molar-refractivity contribution in [2.24, 2.45) is 5.73 Å². The molecule has 0 amide bonds. The zero-order valence-corrected chi connectivity index (χ0v) is 12.4. The molecule has 1 atom stereocenters. The number of ether oxygens (including phenoxy) is 1. The van der Waals surface area contributed by atoms with Crippen molar-refractivity contribution in [1.29, 1.82) is 0 Å². The van der Waals surface area contributed by atoms with Crippen molar-refractivity contribution in [3.05, 3.63) is 66.0 Å². The average Bonchev–Trinajstić information content (AvgIpc) is 2.92. The molecular weight excluding hydrogens is 294 g/mol. The first kappa shape index (κ1) is 15.1. The summed E-state index contributed by atoms with van der Waals surface area (Å²) in [6, 6.07) is 14.8. The molecule has 0 radical (unpaired) electrons. The van der Waals surface area contributed by atoms with Crippen LogP contribution in [0.15, 0.2) is 54.7 Å². The first-order valence-corrected chi connectivity index (χ1v) is 7.28. The van der Waals surface area contributed by atoms with E-state index in [1.54, 1.807) is 24.4 Å².